The molecule has 0 amide bonds. The lowest BCUT2D eigenvalue weighted by Crippen LogP contribution is -2.51. The molecule has 1 saturated heterocycles. The van der Waals surface area contributed by atoms with Gasteiger partial charge in [0.25, 0.3) is 0 Å². The van der Waals surface area contributed by atoms with E-state index in [1.54, 1.807) is 12.1 Å². The number of nitrogens with zero attached hydrogens (tertiary/aromatic N) is 1. The second-order valence-corrected chi connectivity index (χ2v) is 5.31. The Kier molecular flexibility index (Phi) is 3.55. The first kappa shape index (κ1) is 12.9. The van der Waals surface area contributed by atoms with E-state index in [1.807, 2.05) is 26.0 Å². The molecule has 96 valence electrons. The first-order chi connectivity index (χ1) is 8.50. The maximum atomic E-state index is 10.1. The molecule has 1 fully saturated rings. The minimum absolute atomic E-state index is 0.0353. The Bertz CT molecular complexity index is 442. The van der Waals surface area contributed by atoms with Gasteiger partial charge in [-0.05, 0) is 51.1 Å². The van der Waals surface area contributed by atoms with E-state index < -0.39 is 5.60 Å². The summed E-state index contributed by atoms with van der Waals surface area (Å²) in [7, 11) is 0. The first-order valence-electron chi connectivity index (χ1n) is 6.23. The van der Waals surface area contributed by atoms with E-state index >= 15 is 0 Å². The minimum Gasteiger partial charge on any atom is -0.389 e. The lowest BCUT2D eigenvalue weighted by molar-refractivity contribution is 0.0417. The van der Waals surface area contributed by atoms with E-state index in [-0.39, 0.29) is 12.1 Å². The van der Waals surface area contributed by atoms with Crippen LogP contribution in [0.1, 0.15) is 25.8 Å². The van der Waals surface area contributed by atoms with E-state index in [9.17, 15) is 5.11 Å². The summed E-state index contributed by atoms with van der Waals surface area (Å²) in [6.07, 6.45) is 0.981. The topological polar surface area (TPSA) is 68.1 Å². The highest BCUT2D eigenvalue weighted by Crippen LogP contribution is 2.22. The SMILES string of the molecule is CC(C)(O)C1NCCC1Nc1ccc(C#N)cc1. The van der Waals surface area contributed by atoms with Crippen LogP contribution in [0.3, 0.4) is 0 Å². The number of hydrogen-bond donors (Lipinski definition) is 3. The predicted molar refractivity (Wildman–Crippen MR) is 71.3 cm³/mol. The highest BCUT2D eigenvalue weighted by Gasteiger charge is 2.37. The summed E-state index contributed by atoms with van der Waals surface area (Å²) in [5.41, 5.74) is 0.891. The number of anilines is 1. The summed E-state index contributed by atoms with van der Waals surface area (Å²) in [6.45, 7) is 4.55. The molecule has 0 aromatic heterocycles. The Balaban J connectivity index is 2.06. The second-order valence-electron chi connectivity index (χ2n) is 5.31. The number of rotatable bonds is 3. The fourth-order valence-electron chi connectivity index (χ4n) is 2.46. The van der Waals surface area contributed by atoms with Crippen molar-refractivity contribution in [3.63, 3.8) is 0 Å². The van der Waals surface area contributed by atoms with Gasteiger partial charge in [-0.15, -0.1) is 0 Å². The van der Waals surface area contributed by atoms with E-state index in [1.165, 1.54) is 0 Å². The summed E-state index contributed by atoms with van der Waals surface area (Å²) < 4.78 is 0. The summed E-state index contributed by atoms with van der Waals surface area (Å²) in [5, 5.41) is 25.6. The third-order valence-electron chi connectivity index (χ3n) is 3.35. The normalized spacial score (nSPS) is 23.7. The zero-order valence-corrected chi connectivity index (χ0v) is 10.8. The lowest BCUT2D eigenvalue weighted by Gasteiger charge is -2.31. The van der Waals surface area contributed by atoms with E-state index in [0.29, 0.717) is 5.56 Å². The van der Waals surface area contributed by atoms with Crippen molar-refractivity contribution in [1.82, 2.24) is 5.32 Å². The predicted octanol–water partition coefficient (Wildman–Crippen LogP) is 1.47. The van der Waals surface area contributed by atoms with Crippen LogP contribution in [0.4, 0.5) is 5.69 Å². The number of hydrogen-bond acceptors (Lipinski definition) is 4. The fraction of sp³-hybridized carbons (Fsp3) is 0.500. The molecule has 0 bridgehead atoms. The summed E-state index contributed by atoms with van der Waals surface area (Å²) in [4.78, 5) is 0. The molecule has 1 aliphatic heterocycles. The van der Waals surface area contributed by atoms with Gasteiger partial charge in [0, 0.05) is 11.7 Å². The van der Waals surface area contributed by atoms with Crippen molar-refractivity contribution in [2.45, 2.75) is 38.0 Å². The molecular formula is C14H19N3O. The second kappa shape index (κ2) is 4.97. The zero-order chi connectivity index (χ0) is 13.2. The Labute approximate surface area is 108 Å². The van der Waals surface area contributed by atoms with Gasteiger partial charge in [0.05, 0.1) is 23.3 Å². The molecule has 0 saturated carbocycles. The maximum Gasteiger partial charge on any atom is 0.0991 e. The molecule has 1 aliphatic rings. The van der Waals surface area contributed by atoms with Gasteiger partial charge in [0.1, 0.15) is 0 Å². The molecule has 4 nitrogen and oxygen atoms in total. The van der Waals surface area contributed by atoms with Crippen molar-refractivity contribution in [2.75, 3.05) is 11.9 Å². The third-order valence-corrected chi connectivity index (χ3v) is 3.35. The Morgan fingerprint density at radius 1 is 1.39 bits per heavy atom. The minimum atomic E-state index is -0.749. The van der Waals surface area contributed by atoms with Crippen LogP contribution in [0.15, 0.2) is 24.3 Å². The molecule has 4 heteroatoms. The van der Waals surface area contributed by atoms with Crippen LogP contribution in [0.5, 0.6) is 0 Å². The van der Waals surface area contributed by atoms with Gasteiger partial charge in [-0.1, -0.05) is 0 Å². The molecule has 2 unspecified atom stereocenters. The monoisotopic (exact) mass is 245 g/mol. The lowest BCUT2D eigenvalue weighted by atomic mass is 9.93. The van der Waals surface area contributed by atoms with Crippen molar-refractivity contribution >= 4 is 5.69 Å². The van der Waals surface area contributed by atoms with Crippen molar-refractivity contribution in [1.29, 1.82) is 5.26 Å². The molecular weight excluding hydrogens is 226 g/mol. The molecule has 18 heavy (non-hydrogen) atoms. The van der Waals surface area contributed by atoms with Crippen LogP contribution in [-0.4, -0.2) is 29.3 Å². The van der Waals surface area contributed by atoms with E-state index in [4.69, 9.17) is 5.26 Å². The van der Waals surface area contributed by atoms with Crippen LogP contribution >= 0.6 is 0 Å². The van der Waals surface area contributed by atoms with Crippen LogP contribution in [-0.2, 0) is 0 Å². The zero-order valence-electron chi connectivity index (χ0n) is 10.8. The summed E-state index contributed by atoms with van der Waals surface area (Å²) >= 11 is 0. The van der Waals surface area contributed by atoms with Crippen molar-refractivity contribution in [3.8, 4) is 6.07 Å². The highest BCUT2D eigenvalue weighted by molar-refractivity contribution is 5.48. The molecule has 2 rings (SSSR count). The van der Waals surface area contributed by atoms with E-state index in [0.717, 1.165) is 18.7 Å². The summed E-state index contributed by atoms with van der Waals surface area (Å²) in [5.74, 6) is 0. The Morgan fingerprint density at radius 2 is 2.06 bits per heavy atom. The first-order valence-corrected chi connectivity index (χ1v) is 6.23. The maximum absolute atomic E-state index is 10.1. The van der Waals surface area contributed by atoms with Gasteiger partial charge in [-0.2, -0.15) is 5.26 Å². The number of nitrogens with one attached hydrogen (secondary N) is 2. The summed E-state index contributed by atoms with van der Waals surface area (Å²) in [6, 6.07) is 9.74. The van der Waals surface area contributed by atoms with Crippen LogP contribution < -0.4 is 10.6 Å². The van der Waals surface area contributed by atoms with Crippen molar-refractivity contribution in [3.05, 3.63) is 29.8 Å². The van der Waals surface area contributed by atoms with Crippen LogP contribution in [0.2, 0.25) is 0 Å². The highest BCUT2D eigenvalue weighted by atomic mass is 16.3. The van der Waals surface area contributed by atoms with E-state index in [2.05, 4.69) is 16.7 Å². The quantitative estimate of drug-likeness (QED) is 0.754. The third kappa shape index (κ3) is 2.81. The van der Waals surface area contributed by atoms with Crippen molar-refractivity contribution in [2.24, 2.45) is 0 Å². The van der Waals surface area contributed by atoms with Gasteiger partial charge in [0.2, 0.25) is 0 Å². The Hall–Kier alpha value is -1.57. The molecule has 0 aliphatic carbocycles. The smallest absolute Gasteiger partial charge is 0.0991 e. The average Bonchev–Trinajstić information content (AvgIpc) is 2.78. The Morgan fingerprint density at radius 3 is 2.61 bits per heavy atom. The average molecular weight is 245 g/mol. The molecule has 3 N–H and O–H groups in total. The fourth-order valence-corrected chi connectivity index (χ4v) is 2.46. The largest absolute Gasteiger partial charge is 0.389 e. The van der Waals surface area contributed by atoms with Gasteiger partial charge < -0.3 is 15.7 Å². The molecule has 1 heterocycles. The van der Waals surface area contributed by atoms with Gasteiger partial charge in [0.15, 0.2) is 0 Å². The molecule has 0 spiro atoms. The van der Waals surface area contributed by atoms with Gasteiger partial charge >= 0.3 is 0 Å². The number of aliphatic hydroxyl groups is 1. The standard InChI is InChI=1S/C14H19N3O/c1-14(2,18)13-12(7-8-16-13)17-11-5-3-10(9-15)4-6-11/h3-6,12-13,16-18H,7-8H2,1-2H3. The molecule has 1 aromatic carbocycles. The number of benzene rings is 1. The molecule has 0 radical (unpaired) electrons. The van der Waals surface area contributed by atoms with Gasteiger partial charge in [-0.25, -0.2) is 0 Å². The van der Waals surface area contributed by atoms with Crippen molar-refractivity contribution < 1.29 is 5.11 Å². The number of nitriles is 1. The van der Waals surface area contributed by atoms with Crippen LogP contribution in [0, 0.1) is 11.3 Å². The molecule has 2 atom stereocenters. The van der Waals surface area contributed by atoms with Gasteiger partial charge in [-0.3, -0.25) is 0 Å². The van der Waals surface area contributed by atoms with Crippen LogP contribution in [0.25, 0.3) is 0 Å². The molecule has 1 aromatic rings.